The van der Waals surface area contributed by atoms with Crippen LogP contribution in [-0.2, 0) is 9.59 Å². The number of amides is 3. The number of primary amides is 2. The van der Waals surface area contributed by atoms with Crippen LogP contribution in [0.15, 0.2) is 24.3 Å². The largest absolute Gasteiger partial charge is 0.382 e. The lowest BCUT2D eigenvalue weighted by Gasteiger charge is -2.22. The fourth-order valence-electron chi connectivity index (χ4n) is 3.36. The van der Waals surface area contributed by atoms with Gasteiger partial charge < -0.3 is 22.1 Å². The molecule has 0 bridgehead atoms. The van der Waals surface area contributed by atoms with E-state index in [0.29, 0.717) is 23.6 Å². The molecule has 0 unspecified atom stereocenters. The minimum absolute atomic E-state index is 0.0921. The molecule has 0 heterocycles. The first-order chi connectivity index (χ1) is 12.5. The van der Waals surface area contributed by atoms with Crippen LogP contribution < -0.4 is 22.1 Å². The van der Waals surface area contributed by atoms with Crippen LogP contribution in [0, 0.1) is 5.92 Å². The Hall–Kier alpha value is -2.57. The van der Waals surface area contributed by atoms with Crippen molar-refractivity contribution in [1.82, 2.24) is 5.32 Å². The summed E-state index contributed by atoms with van der Waals surface area (Å²) in [6.45, 7) is 0.0921. The van der Waals surface area contributed by atoms with E-state index in [0.717, 1.165) is 6.42 Å². The van der Waals surface area contributed by atoms with Crippen LogP contribution in [0.1, 0.15) is 55.3 Å². The standard InChI is InChI=1S/C19H28N4O3/c20-18(25)14-8-4-5-9-15(14)22-12-16(19(21)26)23-17(24)11-10-13-6-2-1-3-7-13/h4-5,8-9,13,16,22H,1-3,6-7,10-12H2,(H2,20,25)(H2,21,26)(H,23,24)/t16-/m0/s1. The van der Waals surface area contributed by atoms with E-state index in [-0.39, 0.29) is 12.5 Å². The SMILES string of the molecule is NC(=O)c1ccccc1NC[C@H](NC(=O)CCC1CCCCC1)C(N)=O. The molecule has 6 N–H and O–H groups in total. The lowest BCUT2D eigenvalue weighted by Crippen LogP contribution is -2.48. The smallest absolute Gasteiger partial charge is 0.250 e. The molecule has 26 heavy (non-hydrogen) atoms. The normalized spacial score (nSPS) is 15.8. The van der Waals surface area contributed by atoms with E-state index in [2.05, 4.69) is 10.6 Å². The van der Waals surface area contributed by atoms with Gasteiger partial charge in [0.1, 0.15) is 6.04 Å². The third kappa shape index (κ3) is 6.06. The second-order valence-electron chi connectivity index (χ2n) is 6.86. The summed E-state index contributed by atoms with van der Waals surface area (Å²) in [7, 11) is 0. The second-order valence-corrected chi connectivity index (χ2v) is 6.86. The van der Waals surface area contributed by atoms with Crippen LogP contribution in [0.5, 0.6) is 0 Å². The number of hydrogen-bond acceptors (Lipinski definition) is 4. The Balaban J connectivity index is 1.85. The Kier molecular flexibility index (Phi) is 7.44. The Labute approximate surface area is 153 Å². The van der Waals surface area contributed by atoms with E-state index < -0.39 is 17.9 Å². The van der Waals surface area contributed by atoms with Crippen LogP contribution in [0.3, 0.4) is 0 Å². The van der Waals surface area contributed by atoms with Gasteiger partial charge in [-0.2, -0.15) is 0 Å². The predicted molar refractivity (Wildman–Crippen MR) is 100 cm³/mol. The van der Waals surface area contributed by atoms with Crippen molar-refractivity contribution in [2.45, 2.75) is 51.0 Å². The summed E-state index contributed by atoms with van der Waals surface area (Å²) in [5.74, 6) is -0.772. The van der Waals surface area contributed by atoms with Crippen LogP contribution in [0.4, 0.5) is 5.69 Å². The van der Waals surface area contributed by atoms with E-state index in [1.807, 2.05) is 0 Å². The first kappa shape index (κ1) is 19.8. The van der Waals surface area contributed by atoms with Crippen molar-refractivity contribution < 1.29 is 14.4 Å². The van der Waals surface area contributed by atoms with E-state index >= 15 is 0 Å². The topological polar surface area (TPSA) is 127 Å². The number of nitrogens with two attached hydrogens (primary N) is 2. The Morgan fingerprint density at radius 3 is 2.42 bits per heavy atom. The molecular weight excluding hydrogens is 332 g/mol. The van der Waals surface area contributed by atoms with Gasteiger partial charge in [-0.1, -0.05) is 44.2 Å². The molecule has 0 aromatic heterocycles. The molecule has 0 radical (unpaired) electrons. The van der Waals surface area contributed by atoms with Gasteiger partial charge in [-0.25, -0.2) is 0 Å². The highest BCUT2D eigenvalue weighted by Gasteiger charge is 2.20. The van der Waals surface area contributed by atoms with Crippen molar-refractivity contribution in [2.75, 3.05) is 11.9 Å². The molecule has 1 aliphatic carbocycles. The molecule has 1 aromatic carbocycles. The van der Waals surface area contributed by atoms with Gasteiger partial charge in [0.25, 0.3) is 5.91 Å². The van der Waals surface area contributed by atoms with Crippen molar-refractivity contribution in [2.24, 2.45) is 17.4 Å². The summed E-state index contributed by atoms with van der Waals surface area (Å²) >= 11 is 0. The highest BCUT2D eigenvalue weighted by Crippen LogP contribution is 2.27. The molecule has 7 nitrogen and oxygen atoms in total. The maximum absolute atomic E-state index is 12.2. The Bertz CT molecular complexity index is 641. The van der Waals surface area contributed by atoms with Crippen molar-refractivity contribution in [3.8, 4) is 0 Å². The van der Waals surface area contributed by atoms with Gasteiger partial charge in [-0.15, -0.1) is 0 Å². The summed E-state index contributed by atoms with van der Waals surface area (Å²) in [4.78, 5) is 35.3. The molecule has 2 rings (SSSR count). The molecule has 1 saturated carbocycles. The first-order valence-electron chi connectivity index (χ1n) is 9.18. The number of hydrogen-bond donors (Lipinski definition) is 4. The lowest BCUT2D eigenvalue weighted by atomic mass is 9.86. The third-order valence-electron chi connectivity index (χ3n) is 4.87. The van der Waals surface area contributed by atoms with Crippen molar-refractivity contribution in [3.05, 3.63) is 29.8 Å². The molecule has 0 saturated heterocycles. The van der Waals surface area contributed by atoms with Crippen LogP contribution in [-0.4, -0.2) is 30.3 Å². The zero-order valence-electron chi connectivity index (χ0n) is 15.0. The molecule has 1 aromatic rings. The molecule has 7 heteroatoms. The van der Waals surface area contributed by atoms with Crippen LogP contribution in [0.2, 0.25) is 0 Å². The minimum Gasteiger partial charge on any atom is -0.382 e. The van der Waals surface area contributed by atoms with Gasteiger partial charge in [-0.05, 0) is 24.5 Å². The van der Waals surface area contributed by atoms with E-state index in [4.69, 9.17) is 11.5 Å². The summed E-state index contributed by atoms with van der Waals surface area (Å²) in [6.07, 6.45) is 7.35. The lowest BCUT2D eigenvalue weighted by molar-refractivity contribution is -0.127. The molecule has 0 spiro atoms. The molecule has 1 atom stereocenters. The van der Waals surface area contributed by atoms with E-state index in [1.165, 1.54) is 32.1 Å². The minimum atomic E-state index is -0.852. The Morgan fingerprint density at radius 2 is 1.77 bits per heavy atom. The van der Waals surface area contributed by atoms with Gasteiger partial charge >= 0.3 is 0 Å². The number of carbonyl (C=O) groups excluding carboxylic acids is 3. The zero-order valence-corrected chi connectivity index (χ0v) is 15.0. The number of anilines is 1. The highest BCUT2D eigenvalue weighted by molar-refractivity contribution is 5.98. The van der Waals surface area contributed by atoms with Crippen LogP contribution in [0.25, 0.3) is 0 Å². The van der Waals surface area contributed by atoms with E-state index in [9.17, 15) is 14.4 Å². The number of para-hydroxylation sites is 1. The van der Waals surface area contributed by atoms with Crippen molar-refractivity contribution in [1.29, 1.82) is 0 Å². The maximum atomic E-state index is 12.2. The number of rotatable bonds is 9. The fourth-order valence-corrected chi connectivity index (χ4v) is 3.36. The quantitative estimate of drug-likeness (QED) is 0.532. The molecule has 142 valence electrons. The number of benzene rings is 1. The van der Waals surface area contributed by atoms with Gasteiger partial charge in [-0.3, -0.25) is 14.4 Å². The Morgan fingerprint density at radius 1 is 1.08 bits per heavy atom. The fraction of sp³-hybridized carbons (Fsp3) is 0.526. The average molecular weight is 360 g/mol. The third-order valence-corrected chi connectivity index (χ3v) is 4.87. The second kappa shape index (κ2) is 9.79. The van der Waals surface area contributed by atoms with Crippen molar-refractivity contribution in [3.63, 3.8) is 0 Å². The van der Waals surface area contributed by atoms with Gasteiger partial charge in [0.15, 0.2) is 0 Å². The number of nitrogens with one attached hydrogen (secondary N) is 2. The zero-order chi connectivity index (χ0) is 18.9. The van der Waals surface area contributed by atoms with Gasteiger partial charge in [0.05, 0.1) is 5.56 Å². The first-order valence-corrected chi connectivity index (χ1v) is 9.18. The summed E-state index contributed by atoms with van der Waals surface area (Å²) in [6, 6.07) is 5.87. The average Bonchev–Trinajstić information content (AvgIpc) is 2.64. The molecule has 1 fully saturated rings. The summed E-state index contributed by atoms with van der Waals surface area (Å²) < 4.78 is 0. The maximum Gasteiger partial charge on any atom is 0.250 e. The molecule has 3 amide bonds. The van der Waals surface area contributed by atoms with Crippen molar-refractivity contribution >= 4 is 23.4 Å². The molecular formula is C19H28N4O3. The van der Waals surface area contributed by atoms with Crippen LogP contribution >= 0.6 is 0 Å². The molecule has 0 aliphatic heterocycles. The highest BCUT2D eigenvalue weighted by atomic mass is 16.2. The summed E-state index contributed by atoms with van der Waals surface area (Å²) in [5.41, 5.74) is 11.6. The number of carbonyl (C=O) groups is 3. The predicted octanol–water partition coefficient (Wildman–Crippen LogP) is 1.53. The van der Waals surface area contributed by atoms with Gasteiger partial charge in [0, 0.05) is 18.7 Å². The summed E-state index contributed by atoms with van der Waals surface area (Å²) in [5, 5.41) is 5.65. The molecule has 1 aliphatic rings. The monoisotopic (exact) mass is 360 g/mol. The van der Waals surface area contributed by atoms with E-state index in [1.54, 1.807) is 24.3 Å². The van der Waals surface area contributed by atoms with Gasteiger partial charge in [0.2, 0.25) is 11.8 Å².